The van der Waals surface area contributed by atoms with Gasteiger partial charge in [-0.05, 0) is 30.7 Å². The van der Waals surface area contributed by atoms with Gasteiger partial charge in [-0.3, -0.25) is 0 Å². The Labute approximate surface area is 91.7 Å². The summed E-state index contributed by atoms with van der Waals surface area (Å²) in [6.07, 6.45) is 3.84. The highest BCUT2D eigenvalue weighted by atomic mass is 35.5. The summed E-state index contributed by atoms with van der Waals surface area (Å²) in [6.45, 7) is 3.35. The fourth-order valence-electron chi connectivity index (χ4n) is 1.42. The normalized spacial score (nSPS) is 10.2. The van der Waals surface area contributed by atoms with Crippen LogP contribution >= 0.6 is 11.6 Å². The molecular formula is C12H18ClN. The minimum atomic E-state index is 0.802. The van der Waals surface area contributed by atoms with Gasteiger partial charge in [0, 0.05) is 24.3 Å². The number of hydrogen-bond donors (Lipinski definition) is 0. The van der Waals surface area contributed by atoms with Crippen molar-refractivity contribution in [2.45, 2.75) is 26.2 Å². The van der Waals surface area contributed by atoms with E-state index >= 15 is 0 Å². The quantitative estimate of drug-likeness (QED) is 0.667. The third-order valence-electron chi connectivity index (χ3n) is 2.36. The van der Waals surface area contributed by atoms with Crippen LogP contribution in [-0.2, 0) is 0 Å². The second-order valence-electron chi connectivity index (χ2n) is 3.61. The molecule has 0 aromatic heterocycles. The molecule has 1 rings (SSSR count). The van der Waals surface area contributed by atoms with Crippen LogP contribution in [-0.4, -0.2) is 13.6 Å². The maximum Gasteiger partial charge on any atom is 0.0407 e. The Bertz CT molecular complexity index is 256. The van der Waals surface area contributed by atoms with Crippen molar-refractivity contribution in [2.75, 3.05) is 18.5 Å². The lowest BCUT2D eigenvalue weighted by molar-refractivity contribution is 0.705. The molecule has 1 aromatic carbocycles. The third-order valence-corrected chi connectivity index (χ3v) is 2.62. The lowest BCUT2D eigenvalue weighted by atomic mass is 10.2. The largest absolute Gasteiger partial charge is 0.375 e. The Morgan fingerprint density at radius 2 is 1.79 bits per heavy atom. The minimum Gasteiger partial charge on any atom is -0.375 e. The molecule has 0 N–H and O–H groups in total. The highest BCUT2D eigenvalue weighted by Gasteiger charge is 1.99. The lowest BCUT2D eigenvalue weighted by Crippen LogP contribution is -2.18. The van der Waals surface area contributed by atoms with Crippen molar-refractivity contribution in [3.8, 4) is 0 Å². The van der Waals surface area contributed by atoms with Gasteiger partial charge in [0.1, 0.15) is 0 Å². The Balaban J connectivity index is 2.43. The molecule has 0 bridgehead atoms. The summed E-state index contributed by atoms with van der Waals surface area (Å²) in [5.41, 5.74) is 1.24. The molecule has 2 heteroatoms. The molecule has 0 saturated carbocycles. The SMILES string of the molecule is CCCCCN(C)c1ccc(Cl)cc1. The van der Waals surface area contributed by atoms with Crippen molar-refractivity contribution in [1.29, 1.82) is 0 Å². The average Bonchev–Trinajstić information content (AvgIpc) is 2.19. The number of anilines is 1. The van der Waals surface area contributed by atoms with E-state index in [1.165, 1.54) is 24.9 Å². The summed E-state index contributed by atoms with van der Waals surface area (Å²) >= 11 is 5.82. The topological polar surface area (TPSA) is 3.24 Å². The second kappa shape index (κ2) is 5.92. The number of hydrogen-bond acceptors (Lipinski definition) is 1. The number of unbranched alkanes of at least 4 members (excludes halogenated alkanes) is 2. The van der Waals surface area contributed by atoms with Crippen LogP contribution in [0.4, 0.5) is 5.69 Å². The monoisotopic (exact) mass is 211 g/mol. The summed E-state index contributed by atoms with van der Waals surface area (Å²) < 4.78 is 0. The van der Waals surface area contributed by atoms with E-state index in [9.17, 15) is 0 Å². The Morgan fingerprint density at radius 1 is 1.14 bits per heavy atom. The number of benzene rings is 1. The summed E-state index contributed by atoms with van der Waals surface area (Å²) in [7, 11) is 2.12. The van der Waals surface area contributed by atoms with Crippen LogP contribution in [0.2, 0.25) is 5.02 Å². The molecule has 0 radical (unpaired) electrons. The van der Waals surface area contributed by atoms with E-state index < -0.39 is 0 Å². The predicted octanol–water partition coefficient (Wildman–Crippen LogP) is 3.97. The van der Waals surface area contributed by atoms with Gasteiger partial charge in [-0.25, -0.2) is 0 Å². The first-order valence-electron chi connectivity index (χ1n) is 5.20. The summed E-state index contributed by atoms with van der Waals surface area (Å²) in [5, 5.41) is 0.802. The van der Waals surface area contributed by atoms with Crippen LogP contribution in [0.3, 0.4) is 0 Å². The molecule has 0 amide bonds. The highest BCUT2D eigenvalue weighted by Crippen LogP contribution is 2.17. The molecule has 0 unspecified atom stereocenters. The van der Waals surface area contributed by atoms with E-state index in [0.29, 0.717) is 0 Å². The van der Waals surface area contributed by atoms with Crippen LogP contribution in [0.1, 0.15) is 26.2 Å². The van der Waals surface area contributed by atoms with Gasteiger partial charge < -0.3 is 4.90 Å². The molecule has 0 aliphatic heterocycles. The summed E-state index contributed by atoms with van der Waals surface area (Å²) in [4.78, 5) is 2.27. The van der Waals surface area contributed by atoms with Crippen LogP contribution < -0.4 is 4.90 Å². The molecule has 0 aliphatic carbocycles. The fraction of sp³-hybridized carbons (Fsp3) is 0.500. The molecule has 78 valence electrons. The number of halogens is 1. The van der Waals surface area contributed by atoms with E-state index in [4.69, 9.17) is 11.6 Å². The van der Waals surface area contributed by atoms with Gasteiger partial charge in [0.25, 0.3) is 0 Å². The van der Waals surface area contributed by atoms with Crippen molar-refractivity contribution in [2.24, 2.45) is 0 Å². The molecule has 0 spiro atoms. The zero-order valence-corrected chi connectivity index (χ0v) is 9.72. The average molecular weight is 212 g/mol. The molecule has 14 heavy (non-hydrogen) atoms. The van der Waals surface area contributed by atoms with Gasteiger partial charge in [0.2, 0.25) is 0 Å². The first-order chi connectivity index (χ1) is 6.74. The molecule has 0 saturated heterocycles. The first-order valence-corrected chi connectivity index (χ1v) is 5.58. The molecule has 0 atom stereocenters. The molecule has 0 aliphatic rings. The van der Waals surface area contributed by atoms with E-state index in [2.05, 4.69) is 31.0 Å². The van der Waals surface area contributed by atoms with Gasteiger partial charge >= 0.3 is 0 Å². The van der Waals surface area contributed by atoms with Gasteiger partial charge in [0.15, 0.2) is 0 Å². The van der Waals surface area contributed by atoms with Crippen LogP contribution in [0.5, 0.6) is 0 Å². The number of nitrogens with zero attached hydrogens (tertiary/aromatic N) is 1. The molecule has 0 fully saturated rings. The fourth-order valence-corrected chi connectivity index (χ4v) is 1.55. The van der Waals surface area contributed by atoms with Crippen LogP contribution in [0, 0.1) is 0 Å². The minimum absolute atomic E-state index is 0.802. The Hall–Kier alpha value is -0.690. The van der Waals surface area contributed by atoms with E-state index in [1.54, 1.807) is 0 Å². The summed E-state index contributed by atoms with van der Waals surface area (Å²) in [6, 6.07) is 8.00. The van der Waals surface area contributed by atoms with Crippen molar-refractivity contribution >= 4 is 17.3 Å². The zero-order valence-electron chi connectivity index (χ0n) is 8.96. The molecule has 1 aromatic rings. The van der Waals surface area contributed by atoms with Crippen LogP contribution in [0.25, 0.3) is 0 Å². The Morgan fingerprint density at radius 3 is 2.36 bits per heavy atom. The highest BCUT2D eigenvalue weighted by molar-refractivity contribution is 6.30. The van der Waals surface area contributed by atoms with Crippen LogP contribution in [0.15, 0.2) is 24.3 Å². The lowest BCUT2D eigenvalue weighted by Gasteiger charge is -2.18. The maximum atomic E-state index is 5.82. The summed E-state index contributed by atoms with van der Waals surface area (Å²) in [5.74, 6) is 0. The van der Waals surface area contributed by atoms with Crippen molar-refractivity contribution in [3.05, 3.63) is 29.3 Å². The standard InChI is InChI=1S/C12H18ClN/c1-3-4-5-10-14(2)12-8-6-11(13)7-9-12/h6-9H,3-5,10H2,1-2H3. The maximum absolute atomic E-state index is 5.82. The molecule has 1 nitrogen and oxygen atoms in total. The van der Waals surface area contributed by atoms with Gasteiger partial charge in [-0.2, -0.15) is 0 Å². The Kier molecular flexibility index (Phi) is 4.81. The van der Waals surface area contributed by atoms with Gasteiger partial charge in [-0.1, -0.05) is 31.4 Å². The number of rotatable bonds is 5. The van der Waals surface area contributed by atoms with Gasteiger partial charge in [0.05, 0.1) is 0 Å². The smallest absolute Gasteiger partial charge is 0.0407 e. The van der Waals surface area contributed by atoms with E-state index in [0.717, 1.165) is 11.6 Å². The van der Waals surface area contributed by atoms with Crippen molar-refractivity contribution < 1.29 is 0 Å². The molecular weight excluding hydrogens is 194 g/mol. The predicted molar refractivity (Wildman–Crippen MR) is 64.2 cm³/mol. The third kappa shape index (κ3) is 3.59. The molecule has 0 heterocycles. The second-order valence-corrected chi connectivity index (χ2v) is 4.04. The van der Waals surface area contributed by atoms with Crippen molar-refractivity contribution in [3.63, 3.8) is 0 Å². The zero-order chi connectivity index (χ0) is 10.4. The van der Waals surface area contributed by atoms with E-state index in [-0.39, 0.29) is 0 Å². The van der Waals surface area contributed by atoms with Gasteiger partial charge in [-0.15, -0.1) is 0 Å². The first kappa shape index (κ1) is 11.4. The van der Waals surface area contributed by atoms with E-state index in [1.807, 2.05) is 12.1 Å². The van der Waals surface area contributed by atoms with Crippen molar-refractivity contribution in [1.82, 2.24) is 0 Å².